The van der Waals surface area contributed by atoms with Gasteiger partial charge in [0.2, 0.25) is 0 Å². The van der Waals surface area contributed by atoms with E-state index in [-0.39, 0.29) is 5.56 Å². The smallest absolute Gasteiger partial charge is 0.266 e. The summed E-state index contributed by atoms with van der Waals surface area (Å²) in [5.41, 5.74) is 1.99. The normalized spacial score (nSPS) is 11.5. The first-order valence-electron chi connectivity index (χ1n) is 6.87. The van der Waals surface area contributed by atoms with Crippen LogP contribution in [0.2, 0.25) is 0 Å². The van der Waals surface area contributed by atoms with Crippen molar-refractivity contribution in [3.63, 3.8) is 0 Å². The third-order valence-electron chi connectivity index (χ3n) is 3.14. The Morgan fingerprint density at radius 1 is 1.09 bits per heavy atom. The highest BCUT2D eigenvalue weighted by Crippen LogP contribution is 2.14. The van der Waals surface area contributed by atoms with Crippen LogP contribution in [0, 0.1) is 0 Å². The minimum Gasteiger partial charge on any atom is -0.489 e. The molecule has 22 heavy (non-hydrogen) atoms. The zero-order valence-electron chi connectivity index (χ0n) is 11.9. The lowest BCUT2D eigenvalue weighted by atomic mass is 10.2. The summed E-state index contributed by atoms with van der Waals surface area (Å²) in [6.07, 6.45) is 1.85. The second kappa shape index (κ2) is 6.45. The molecule has 1 heterocycles. The van der Waals surface area contributed by atoms with Crippen LogP contribution in [0.3, 0.4) is 0 Å². The van der Waals surface area contributed by atoms with Gasteiger partial charge in [-0.3, -0.25) is 4.79 Å². The van der Waals surface area contributed by atoms with Gasteiger partial charge in [0.05, 0.1) is 9.20 Å². The van der Waals surface area contributed by atoms with Gasteiger partial charge in [0.15, 0.2) is 0 Å². The Labute approximate surface area is 131 Å². The largest absolute Gasteiger partial charge is 0.489 e. The molecule has 4 heteroatoms. The van der Waals surface area contributed by atoms with Gasteiger partial charge in [0.25, 0.3) is 5.56 Å². The van der Waals surface area contributed by atoms with E-state index >= 15 is 0 Å². The molecule has 0 fully saturated rings. The summed E-state index contributed by atoms with van der Waals surface area (Å²) in [7, 11) is 0. The molecule has 0 unspecified atom stereocenters. The average Bonchev–Trinajstić information content (AvgIpc) is 2.85. The molecule has 0 atom stereocenters. The third-order valence-corrected chi connectivity index (χ3v) is 4.01. The number of aromatic amines is 1. The zero-order chi connectivity index (χ0) is 15.4. The number of thiazole rings is 1. The lowest BCUT2D eigenvalue weighted by Crippen LogP contribution is -2.19. The second-order valence-corrected chi connectivity index (χ2v) is 5.97. The van der Waals surface area contributed by atoms with Gasteiger partial charge < -0.3 is 9.72 Å². The number of H-pyrrole nitrogens is 1. The van der Waals surface area contributed by atoms with Gasteiger partial charge in [-0.2, -0.15) is 0 Å². The first-order valence-corrected chi connectivity index (χ1v) is 7.69. The van der Waals surface area contributed by atoms with E-state index in [9.17, 15) is 4.79 Å². The monoisotopic (exact) mass is 309 g/mol. The number of benzene rings is 2. The van der Waals surface area contributed by atoms with Crippen molar-refractivity contribution in [3.8, 4) is 5.75 Å². The molecule has 0 aliphatic rings. The molecule has 0 amide bonds. The molecule has 0 aliphatic carbocycles. The number of hydrogen-bond acceptors (Lipinski definition) is 3. The number of aromatic nitrogens is 1. The van der Waals surface area contributed by atoms with Crippen molar-refractivity contribution in [1.82, 2.24) is 4.98 Å². The fraction of sp³-hybridized carbons (Fsp3) is 0.0556. The molecule has 0 bridgehead atoms. The van der Waals surface area contributed by atoms with Gasteiger partial charge in [0, 0.05) is 0 Å². The summed E-state index contributed by atoms with van der Waals surface area (Å²) in [6.45, 7) is 4.27. The molecule has 1 N–H and O–H groups in total. The van der Waals surface area contributed by atoms with E-state index in [4.69, 9.17) is 4.74 Å². The number of nitrogens with one attached hydrogen (secondary N) is 1. The van der Waals surface area contributed by atoms with Gasteiger partial charge >= 0.3 is 0 Å². The van der Waals surface area contributed by atoms with E-state index in [1.165, 1.54) is 11.3 Å². The van der Waals surface area contributed by atoms with Crippen LogP contribution in [0.5, 0.6) is 5.75 Å². The Hall–Kier alpha value is -2.59. The van der Waals surface area contributed by atoms with E-state index in [0.717, 1.165) is 16.9 Å². The van der Waals surface area contributed by atoms with E-state index in [2.05, 4.69) is 11.6 Å². The maximum absolute atomic E-state index is 11.6. The quantitative estimate of drug-likeness (QED) is 0.803. The van der Waals surface area contributed by atoms with Crippen LogP contribution in [0.4, 0.5) is 0 Å². The highest BCUT2D eigenvalue weighted by molar-refractivity contribution is 7.07. The maximum atomic E-state index is 11.6. The van der Waals surface area contributed by atoms with Gasteiger partial charge in [-0.25, -0.2) is 0 Å². The molecule has 0 spiro atoms. The van der Waals surface area contributed by atoms with Crippen LogP contribution in [0.25, 0.3) is 12.7 Å². The Balaban J connectivity index is 1.73. The fourth-order valence-electron chi connectivity index (χ4n) is 2.04. The molecule has 3 rings (SSSR count). The predicted octanol–water partition coefficient (Wildman–Crippen LogP) is 2.25. The maximum Gasteiger partial charge on any atom is 0.266 e. The van der Waals surface area contributed by atoms with Gasteiger partial charge in [-0.05, 0) is 29.3 Å². The minimum atomic E-state index is -0.0978. The Bertz CT molecular complexity index is 908. The van der Waals surface area contributed by atoms with E-state index < -0.39 is 0 Å². The third kappa shape index (κ3) is 3.54. The Morgan fingerprint density at radius 2 is 1.82 bits per heavy atom. The molecular formula is C18H15NO2S. The molecule has 110 valence electrons. The summed E-state index contributed by atoms with van der Waals surface area (Å²) in [6, 6.07) is 17.7. The zero-order valence-corrected chi connectivity index (χ0v) is 12.7. The summed E-state index contributed by atoms with van der Waals surface area (Å²) >= 11 is 1.35. The van der Waals surface area contributed by atoms with Crippen LogP contribution >= 0.6 is 11.3 Å². The molecule has 3 aromatic rings. The SMILES string of the molecule is C=c1[nH]c(=O)/c(=C\c2ccc(OCc3ccccc3)cc2)s1. The van der Waals surface area contributed by atoms with Crippen LogP contribution in [0.15, 0.2) is 59.4 Å². The van der Waals surface area contributed by atoms with E-state index in [1.807, 2.05) is 60.7 Å². The average molecular weight is 309 g/mol. The molecular weight excluding hydrogens is 294 g/mol. The van der Waals surface area contributed by atoms with Crippen molar-refractivity contribution in [2.45, 2.75) is 6.61 Å². The first kappa shape index (κ1) is 14.4. The van der Waals surface area contributed by atoms with Crippen molar-refractivity contribution in [2.75, 3.05) is 0 Å². The van der Waals surface area contributed by atoms with E-state index in [1.54, 1.807) is 0 Å². The summed E-state index contributed by atoms with van der Waals surface area (Å²) in [4.78, 5) is 14.3. The highest BCUT2D eigenvalue weighted by atomic mass is 32.1. The first-order chi connectivity index (χ1) is 10.7. The fourth-order valence-corrected chi connectivity index (χ4v) is 2.79. The number of rotatable bonds is 4. The molecule has 0 aliphatic heterocycles. The molecule has 1 aromatic heterocycles. The number of hydrogen-bond donors (Lipinski definition) is 1. The van der Waals surface area contributed by atoms with Crippen LogP contribution in [0.1, 0.15) is 11.1 Å². The van der Waals surface area contributed by atoms with Crippen molar-refractivity contribution in [2.24, 2.45) is 0 Å². The predicted molar refractivity (Wildman–Crippen MR) is 90.5 cm³/mol. The number of ether oxygens (including phenoxy) is 1. The molecule has 0 saturated heterocycles. The lowest BCUT2D eigenvalue weighted by Gasteiger charge is -2.06. The highest BCUT2D eigenvalue weighted by Gasteiger charge is 1.97. The standard InChI is InChI=1S/C18H15NO2S/c1-13-19-18(20)17(22-13)11-14-7-9-16(10-8-14)21-12-15-5-3-2-4-6-15/h2-11H,1,12H2,(H,19,20)/b17-11+. The van der Waals surface area contributed by atoms with Crippen LogP contribution in [-0.2, 0) is 6.61 Å². The van der Waals surface area contributed by atoms with Crippen molar-refractivity contribution in [3.05, 3.63) is 85.3 Å². The van der Waals surface area contributed by atoms with Crippen molar-refractivity contribution in [1.29, 1.82) is 0 Å². The van der Waals surface area contributed by atoms with Crippen molar-refractivity contribution >= 4 is 24.0 Å². The summed E-state index contributed by atoms with van der Waals surface area (Å²) < 4.78 is 7.06. The topological polar surface area (TPSA) is 42.1 Å². The molecule has 3 nitrogen and oxygen atoms in total. The minimum absolute atomic E-state index is 0.0978. The molecule has 2 aromatic carbocycles. The van der Waals surface area contributed by atoms with Crippen LogP contribution < -0.4 is 19.5 Å². The lowest BCUT2D eigenvalue weighted by molar-refractivity contribution is 0.306. The van der Waals surface area contributed by atoms with E-state index in [0.29, 0.717) is 15.8 Å². The molecule has 0 radical (unpaired) electrons. The van der Waals surface area contributed by atoms with Crippen molar-refractivity contribution < 1.29 is 4.74 Å². The Morgan fingerprint density at radius 3 is 2.45 bits per heavy atom. The Kier molecular flexibility index (Phi) is 4.21. The second-order valence-electron chi connectivity index (χ2n) is 4.83. The van der Waals surface area contributed by atoms with Crippen LogP contribution in [-0.4, -0.2) is 4.98 Å². The van der Waals surface area contributed by atoms with Gasteiger partial charge in [-0.1, -0.05) is 49.0 Å². The molecule has 0 saturated carbocycles. The summed E-state index contributed by atoms with van der Waals surface area (Å²) in [5, 5.41) is 0. The summed E-state index contributed by atoms with van der Waals surface area (Å²) in [5.74, 6) is 0.805. The van der Waals surface area contributed by atoms with Gasteiger partial charge in [-0.15, -0.1) is 11.3 Å². The van der Waals surface area contributed by atoms with Gasteiger partial charge in [0.1, 0.15) is 12.4 Å².